The maximum atomic E-state index is 3.98. The average molecular weight is 258 g/mol. The van der Waals surface area contributed by atoms with Crippen LogP contribution in [0.15, 0.2) is 36.5 Å². The maximum absolute atomic E-state index is 3.98. The highest BCUT2D eigenvalue weighted by Gasteiger charge is 2.11. The van der Waals surface area contributed by atoms with Gasteiger partial charge in [-0.3, -0.25) is 4.68 Å². The van der Waals surface area contributed by atoms with Crippen molar-refractivity contribution in [3.63, 3.8) is 0 Å². The van der Waals surface area contributed by atoms with Gasteiger partial charge in [0.25, 0.3) is 0 Å². The number of rotatable bonds is 7. The number of benzene rings is 1. The van der Waals surface area contributed by atoms with Gasteiger partial charge in [-0.1, -0.05) is 42.5 Å². The molecule has 0 aliphatic rings. The molecule has 0 aliphatic carbocycles. The lowest BCUT2D eigenvalue weighted by Crippen LogP contribution is -2.23. The van der Waals surface area contributed by atoms with Crippen molar-refractivity contribution in [1.29, 1.82) is 0 Å². The van der Waals surface area contributed by atoms with Crippen LogP contribution in [0.2, 0.25) is 0 Å². The molecule has 1 aromatic heterocycles. The highest BCUT2D eigenvalue weighted by Crippen LogP contribution is 2.18. The van der Waals surface area contributed by atoms with Gasteiger partial charge in [-0.05, 0) is 31.4 Å². The van der Waals surface area contributed by atoms with Gasteiger partial charge in [0.15, 0.2) is 0 Å². The Bertz CT molecular complexity index is 478. The Balaban J connectivity index is 2.00. The Morgan fingerprint density at radius 2 is 2.05 bits per heavy atom. The SMILES string of the molecule is CCCNC(CCc1cnnn1C)c1ccccc1. The van der Waals surface area contributed by atoms with Gasteiger partial charge < -0.3 is 5.32 Å². The summed E-state index contributed by atoms with van der Waals surface area (Å²) in [5.74, 6) is 0. The van der Waals surface area contributed by atoms with Crippen LogP contribution < -0.4 is 5.32 Å². The van der Waals surface area contributed by atoms with Crippen molar-refractivity contribution in [2.24, 2.45) is 7.05 Å². The number of nitrogens with zero attached hydrogens (tertiary/aromatic N) is 3. The van der Waals surface area contributed by atoms with Gasteiger partial charge in [-0.2, -0.15) is 0 Å². The summed E-state index contributed by atoms with van der Waals surface area (Å²) in [7, 11) is 1.94. The van der Waals surface area contributed by atoms with Crippen LogP contribution in [0.5, 0.6) is 0 Å². The summed E-state index contributed by atoms with van der Waals surface area (Å²) < 4.78 is 1.85. The van der Waals surface area contributed by atoms with Crippen LogP contribution >= 0.6 is 0 Å². The summed E-state index contributed by atoms with van der Waals surface area (Å²) in [6.07, 6.45) is 5.05. The van der Waals surface area contributed by atoms with E-state index < -0.39 is 0 Å². The van der Waals surface area contributed by atoms with E-state index in [9.17, 15) is 0 Å². The average Bonchev–Trinajstić information content (AvgIpc) is 2.85. The third-order valence-corrected chi connectivity index (χ3v) is 3.34. The normalized spacial score (nSPS) is 12.5. The summed E-state index contributed by atoms with van der Waals surface area (Å²) in [6.45, 7) is 3.24. The zero-order valence-corrected chi connectivity index (χ0v) is 11.7. The molecule has 0 bridgehead atoms. The summed E-state index contributed by atoms with van der Waals surface area (Å²) in [6, 6.07) is 11.0. The molecular formula is C15H22N4. The van der Waals surface area contributed by atoms with Crippen LogP contribution in [0.1, 0.15) is 37.1 Å². The summed E-state index contributed by atoms with van der Waals surface area (Å²) >= 11 is 0. The zero-order valence-electron chi connectivity index (χ0n) is 11.7. The minimum atomic E-state index is 0.399. The fourth-order valence-electron chi connectivity index (χ4n) is 2.22. The van der Waals surface area contributed by atoms with Gasteiger partial charge in [-0.15, -0.1) is 5.10 Å². The molecule has 0 saturated carbocycles. The van der Waals surface area contributed by atoms with E-state index in [1.165, 1.54) is 11.3 Å². The van der Waals surface area contributed by atoms with Crippen molar-refractivity contribution >= 4 is 0 Å². The molecule has 0 saturated heterocycles. The molecule has 1 atom stereocenters. The predicted octanol–water partition coefficient (Wildman–Crippen LogP) is 2.49. The molecule has 0 fully saturated rings. The van der Waals surface area contributed by atoms with Gasteiger partial charge in [0.1, 0.15) is 0 Å². The first-order valence-electron chi connectivity index (χ1n) is 6.93. The van der Waals surface area contributed by atoms with E-state index in [1.807, 2.05) is 17.9 Å². The summed E-state index contributed by atoms with van der Waals surface area (Å²) in [4.78, 5) is 0. The minimum absolute atomic E-state index is 0.399. The zero-order chi connectivity index (χ0) is 13.5. The maximum Gasteiger partial charge on any atom is 0.0724 e. The van der Waals surface area contributed by atoms with Crippen molar-refractivity contribution in [1.82, 2.24) is 20.3 Å². The Labute approximate surface area is 114 Å². The Hall–Kier alpha value is -1.68. The molecule has 0 amide bonds. The van der Waals surface area contributed by atoms with Crippen molar-refractivity contribution in [3.8, 4) is 0 Å². The number of nitrogens with one attached hydrogen (secondary N) is 1. The lowest BCUT2D eigenvalue weighted by Gasteiger charge is -2.18. The van der Waals surface area contributed by atoms with Gasteiger partial charge >= 0.3 is 0 Å². The molecule has 1 unspecified atom stereocenters. The molecule has 4 heteroatoms. The highest BCUT2D eigenvalue weighted by atomic mass is 15.4. The van der Waals surface area contributed by atoms with Gasteiger partial charge in [-0.25, -0.2) is 0 Å². The minimum Gasteiger partial charge on any atom is -0.310 e. The second kappa shape index (κ2) is 7.04. The largest absolute Gasteiger partial charge is 0.310 e. The van der Waals surface area contributed by atoms with Crippen LogP contribution in [-0.2, 0) is 13.5 Å². The third-order valence-electron chi connectivity index (χ3n) is 3.34. The van der Waals surface area contributed by atoms with Crippen LogP contribution in [0, 0.1) is 0 Å². The molecule has 2 aromatic rings. The topological polar surface area (TPSA) is 42.7 Å². The molecule has 19 heavy (non-hydrogen) atoms. The van der Waals surface area contributed by atoms with Crippen LogP contribution in [0.25, 0.3) is 0 Å². The van der Waals surface area contributed by atoms with E-state index in [1.54, 1.807) is 0 Å². The lowest BCUT2D eigenvalue weighted by atomic mass is 10.0. The van der Waals surface area contributed by atoms with E-state index in [4.69, 9.17) is 0 Å². The van der Waals surface area contributed by atoms with Crippen LogP contribution in [0.3, 0.4) is 0 Å². The molecule has 0 spiro atoms. The summed E-state index contributed by atoms with van der Waals surface area (Å²) in [5.41, 5.74) is 2.53. The van der Waals surface area contributed by atoms with Crippen molar-refractivity contribution in [2.75, 3.05) is 6.54 Å². The Morgan fingerprint density at radius 3 is 2.68 bits per heavy atom. The van der Waals surface area contributed by atoms with E-state index in [0.29, 0.717) is 6.04 Å². The molecule has 0 radical (unpaired) electrons. The number of aromatic nitrogens is 3. The quantitative estimate of drug-likeness (QED) is 0.829. The molecule has 0 aliphatic heterocycles. The number of aryl methyl sites for hydroxylation is 2. The predicted molar refractivity (Wildman–Crippen MR) is 76.8 cm³/mol. The van der Waals surface area contributed by atoms with Crippen molar-refractivity contribution in [3.05, 3.63) is 47.8 Å². The summed E-state index contributed by atoms with van der Waals surface area (Å²) in [5, 5.41) is 11.5. The first-order valence-corrected chi connectivity index (χ1v) is 6.93. The number of hydrogen-bond acceptors (Lipinski definition) is 3. The number of hydrogen-bond donors (Lipinski definition) is 1. The van der Waals surface area contributed by atoms with Gasteiger partial charge in [0.05, 0.1) is 11.9 Å². The van der Waals surface area contributed by atoms with Gasteiger partial charge in [0.2, 0.25) is 0 Å². The molecular weight excluding hydrogens is 236 g/mol. The Morgan fingerprint density at radius 1 is 1.26 bits per heavy atom. The monoisotopic (exact) mass is 258 g/mol. The van der Waals surface area contributed by atoms with Crippen molar-refractivity contribution < 1.29 is 0 Å². The van der Waals surface area contributed by atoms with Crippen molar-refractivity contribution in [2.45, 2.75) is 32.2 Å². The first kappa shape index (κ1) is 13.7. The fraction of sp³-hybridized carbons (Fsp3) is 0.467. The van der Waals surface area contributed by atoms with E-state index >= 15 is 0 Å². The molecule has 1 aromatic carbocycles. The van der Waals surface area contributed by atoms with Gasteiger partial charge in [0, 0.05) is 13.1 Å². The fourth-order valence-corrected chi connectivity index (χ4v) is 2.22. The highest BCUT2D eigenvalue weighted by molar-refractivity contribution is 5.19. The smallest absolute Gasteiger partial charge is 0.0724 e. The lowest BCUT2D eigenvalue weighted by molar-refractivity contribution is 0.491. The molecule has 2 rings (SSSR count). The Kier molecular flexibility index (Phi) is 5.10. The first-order chi connectivity index (χ1) is 9.31. The second-order valence-electron chi connectivity index (χ2n) is 4.81. The molecule has 1 N–H and O–H groups in total. The molecule has 1 heterocycles. The van der Waals surface area contributed by atoms with E-state index in [0.717, 1.165) is 25.8 Å². The molecule has 102 valence electrons. The van der Waals surface area contributed by atoms with E-state index in [-0.39, 0.29) is 0 Å². The third kappa shape index (κ3) is 3.89. The van der Waals surface area contributed by atoms with Crippen LogP contribution in [0.4, 0.5) is 0 Å². The second-order valence-corrected chi connectivity index (χ2v) is 4.81. The van der Waals surface area contributed by atoms with E-state index in [2.05, 4.69) is 52.9 Å². The standard InChI is InChI=1S/C15H22N4/c1-3-11-16-15(13-7-5-4-6-8-13)10-9-14-12-17-18-19(14)2/h4-8,12,15-16H,3,9-11H2,1-2H3. The molecule has 4 nitrogen and oxygen atoms in total. The van der Waals surface area contributed by atoms with Crippen LogP contribution in [-0.4, -0.2) is 21.5 Å².